The largest absolute Gasteiger partial charge is 0.348 e. The molecule has 0 saturated heterocycles. The van der Waals surface area contributed by atoms with Crippen LogP contribution in [-0.2, 0) is 9.59 Å². The Labute approximate surface area is 184 Å². The number of hydrogen-bond donors (Lipinski definition) is 3. The van der Waals surface area contributed by atoms with Crippen molar-refractivity contribution in [3.05, 3.63) is 62.7 Å². The lowest BCUT2D eigenvalue weighted by Crippen LogP contribution is -2.39. The predicted molar refractivity (Wildman–Crippen MR) is 120 cm³/mol. The molecular formula is C20H18Br2N4O3. The van der Waals surface area contributed by atoms with Crippen LogP contribution < -0.4 is 16.1 Å². The molecule has 0 saturated carbocycles. The van der Waals surface area contributed by atoms with Crippen molar-refractivity contribution >= 4 is 66.2 Å². The highest BCUT2D eigenvalue weighted by atomic mass is 79.9. The molecule has 3 amide bonds. The fourth-order valence-electron chi connectivity index (χ4n) is 2.77. The molecule has 9 heteroatoms. The molecule has 0 aliphatic carbocycles. The van der Waals surface area contributed by atoms with Crippen LogP contribution in [0.4, 0.5) is 5.69 Å². The number of nitrogens with one attached hydrogen (secondary N) is 3. The molecule has 1 aromatic heterocycles. The zero-order chi connectivity index (χ0) is 21.1. The number of likely N-dealkylation sites (N-methyl/N-ethyl adjacent to an activating group) is 1. The van der Waals surface area contributed by atoms with Crippen LogP contribution in [0.25, 0.3) is 10.9 Å². The van der Waals surface area contributed by atoms with E-state index in [4.69, 9.17) is 0 Å². The van der Waals surface area contributed by atoms with Gasteiger partial charge in [0.15, 0.2) is 0 Å². The Hall–Kier alpha value is -2.65. The van der Waals surface area contributed by atoms with Crippen molar-refractivity contribution in [3.63, 3.8) is 0 Å². The van der Waals surface area contributed by atoms with Crippen LogP contribution in [0, 0.1) is 6.92 Å². The SMILES string of the molecule is CCNC(=O)C(=O)Nn1c(C(=O)Nc2ccc(C)cc2Br)cc2cc(Br)ccc21. The Bertz CT molecular complexity index is 1120. The lowest BCUT2D eigenvalue weighted by molar-refractivity contribution is -0.136. The number of fused-ring (bicyclic) bond motifs is 1. The first-order valence-electron chi connectivity index (χ1n) is 8.78. The van der Waals surface area contributed by atoms with E-state index in [0.29, 0.717) is 17.7 Å². The van der Waals surface area contributed by atoms with Crippen LogP contribution >= 0.6 is 31.9 Å². The van der Waals surface area contributed by atoms with E-state index < -0.39 is 17.7 Å². The summed E-state index contributed by atoms with van der Waals surface area (Å²) in [6.07, 6.45) is 0. The molecule has 0 fully saturated rings. The van der Waals surface area contributed by atoms with Gasteiger partial charge in [0.05, 0.1) is 11.2 Å². The number of aromatic nitrogens is 1. The average Bonchev–Trinajstić information content (AvgIpc) is 3.01. The number of carbonyl (C=O) groups is 3. The zero-order valence-corrected chi connectivity index (χ0v) is 18.8. The van der Waals surface area contributed by atoms with Crippen molar-refractivity contribution in [2.75, 3.05) is 17.3 Å². The summed E-state index contributed by atoms with van der Waals surface area (Å²) >= 11 is 6.84. The molecule has 0 spiro atoms. The van der Waals surface area contributed by atoms with Gasteiger partial charge in [0.25, 0.3) is 5.91 Å². The van der Waals surface area contributed by atoms with E-state index >= 15 is 0 Å². The van der Waals surface area contributed by atoms with Crippen LogP contribution in [0.5, 0.6) is 0 Å². The van der Waals surface area contributed by atoms with Gasteiger partial charge in [-0.3, -0.25) is 19.8 Å². The monoisotopic (exact) mass is 520 g/mol. The molecule has 150 valence electrons. The summed E-state index contributed by atoms with van der Waals surface area (Å²) in [4.78, 5) is 37.1. The second-order valence-corrected chi connectivity index (χ2v) is 8.08. The summed E-state index contributed by atoms with van der Waals surface area (Å²) in [5, 5.41) is 5.99. The van der Waals surface area contributed by atoms with E-state index in [1.54, 1.807) is 31.2 Å². The van der Waals surface area contributed by atoms with Crippen molar-refractivity contribution in [2.24, 2.45) is 0 Å². The molecule has 1 heterocycles. The first-order valence-corrected chi connectivity index (χ1v) is 10.4. The van der Waals surface area contributed by atoms with Crippen LogP contribution in [0.2, 0.25) is 0 Å². The third-order valence-electron chi connectivity index (χ3n) is 4.13. The quantitative estimate of drug-likeness (QED) is 0.454. The van der Waals surface area contributed by atoms with Gasteiger partial charge in [-0.05, 0) is 71.7 Å². The topological polar surface area (TPSA) is 92.2 Å². The van der Waals surface area contributed by atoms with Gasteiger partial charge in [-0.25, -0.2) is 4.68 Å². The molecule has 7 nitrogen and oxygen atoms in total. The van der Waals surface area contributed by atoms with Gasteiger partial charge in [0, 0.05) is 20.9 Å². The van der Waals surface area contributed by atoms with E-state index in [2.05, 4.69) is 47.9 Å². The average molecular weight is 522 g/mol. The molecular weight excluding hydrogens is 504 g/mol. The van der Waals surface area contributed by atoms with E-state index in [0.717, 1.165) is 19.9 Å². The highest BCUT2D eigenvalue weighted by Gasteiger charge is 2.21. The van der Waals surface area contributed by atoms with Gasteiger partial charge in [-0.1, -0.05) is 22.0 Å². The zero-order valence-electron chi connectivity index (χ0n) is 15.7. The Morgan fingerprint density at radius 2 is 1.76 bits per heavy atom. The number of hydrogen-bond acceptors (Lipinski definition) is 3. The summed E-state index contributed by atoms with van der Waals surface area (Å²) in [6.45, 7) is 3.98. The standard InChI is InChI=1S/C20H18Br2N4O3/c1-3-23-19(28)20(29)25-26-16-7-5-13(21)9-12(16)10-17(26)18(27)24-15-6-4-11(2)8-14(15)22/h4-10H,3H2,1-2H3,(H,23,28)(H,24,27)(H,25,29). The van der Waals surface area contributed by atoms with Gasteiger partial charge in [0.2, 0.25) is 0 Å². The van der Waals surface area contributed by atoms with Crippen molar-refractivity contribution in [2.45, 2.75) is 13.8 Å². The van der Waals surface area contributed by atoms with Crippen molar-refractivity contribution in [1.29, 1.82) is 0 Å². The van der Waals surface area contributed by atoms with Crippen molar-refractivity contribution in [3.8, 4) is 0 Å². The van der Waals surface area contributed by atoms with E-state index in [1.807, 2.05) is 25.1 Å². The van der Waals surface area contributed by atoms with E-state index in [-0.39, 0.29) is 5.69 Å². The molecule has 0 radical (unpaired) electrons. The molecule has 0 aliphatic rings. The fourth-order valence-corrected chi connectivity index (χ4v) is 3.75. The molecule has 2 aromatic carbocycles. The molecule has 0 unspecified atom stereocenters. The van der Waals surface area contributed by atoms with Gasteiger partial charge in [0.1, 0.15) is 5.69 Å². The van der Waals surface area contributed by atoms with Crippen molar-refractivity contribution < 1.29 is 14.4 Å². The number of anilines is 1. The number of benzene rings is 2. The predicted octanol–water partition coefficient (Wildman–Crippen LogP) is 3.93. The number of aryl methyl sites for hydroxylation is 1. The van der Waals surface area contributed by atoms with Crippen LogP contribution in [0.1, 0.15) is 23.0 Å². The maximum absolute atomic E-state index is 13.0. The van der Waals surface area contributed by atoms with Gasteiger partial charge >= 0.3 is 11.8 Å². The lowest BCUT2D eigenvalue weighted by Gasteiger charge is -2.13. The van der Waals surface area contributed by atoms with E-state index in [1.165, 1.54) is 4.68 Å². The molecule has 0 atom stereocenters. The lowest BCUT2D eigenvalue weighted by atomic mass is 10.2. The Morgan fingerprint density at radius 3 is 2.45 bits per heavy atom. The minimum Gasteiger partial charge on any atom is -0.348 e. The summed E-state index contributed by atoms with van der Waals surface area (Å²) in [7, 11) is 0. The minimum absolute atomic E-state index is 0.184. The van der Waals surface area contributed by atoms with Crippen LogP contribution in [-0.4, -0.2) is 28.9 Å². The molecule has 3 rings (SSSR count). The second-order valence-electron chi connectivity index (χ2n) is 6.31. The molecule has 0 aliphatic heterocycles. The molecule has 3 N–H and O–H groups in total. The number of halogens is 2. The highest BCUT2D eigenvalue weighted by Crippen LogP contribution is 2.26. The first-order chi connectivity index (χ1) is 13.8. The summed E-state index contributed by atoms with van der Waals surface area (Å²) in [5.41, 5.74) is 4.91. The van der Waals surface area contributed by atoms with Crippen LogP contribution in [0.3, 0.4) is 0 Å². The molecule has 3 aromatic rings. The van der Waals surface area contributed by atoms with Crippen LogP contribution in [0.15, 0.2) is 51.4 Å². The third kappa shape index (κ3) is 4.68. The van der Waals surface area contributed by atoms with Gasteiger partial charge in [-0.15, -0.1) is 0 Å². The van der Waals surface area contributed by atoms with Crippen molar-refractivity contribution in [1.82, 2.24) is 9.99 Å². The third-order valence-corrected chi connectivity index (χ3v) is 5.28. The number of nitrogens with zero attached hydrogens (tertiary/aromatic N) is 1. The summed E-state index contributed by atoms with van der Waals surface area (Å²) in [5.74, 6) is -2.07. The number of carbonyl (C=O) groups excluding carboxylic acids is 3. The van der Waals surface area contributed by atoms with Gasteiger partial charge < -0.3 is 10.6 Å². The highest BCUT2D eigenvalue weighted by molar-refractivity contribution is 9.10. The van der Waals surface area contributed by atoms with Gasteiger partial charge in [-0.2, -0.15) is 0 Å². The summed E-state index contributed by atoms with van der Waals surface area (Å²) in [6, 6.07) is 12.6. The Balaban J connectivity index is 2.00. The minimum atomic E-state index is -0.863. The fraction of sp³-hybridized carbons (Fsp3) is 0.150. The van der Waals surface area contributed by atoms with E-state index in [9.17, 15) is 14.4 Å². The normalized spacial score (nSPS) is 10.6. The number of amides is 3. The maximum Gasteiger partial charge on any atom is 0.328 e. The Morgan fingerprint density at radius 1 is 1.00 bits per heavy atom. The number of rotatable bonds is 4. The molecule has 0 bridgehead atoms. The maximum atomic E-state index is 13.0. The first kappa shape index (κ1) is 21.1. The Kier molecular flexibility index (Phi) is 6.39. The second kappa shape index (κ2) is 8.79. The summed E-state index contributed by atoms with van der Waals surface area (Å²) < 4.78 is 2.88. The molecule has 29 heavy (non-hydrogen) atoms. The smallest absolute Gasteiger partial charge is 0.328 e.